The Balaban J connectivity index is 2.28. The van der Waals surface area contributed by atoms with E-state index in [-0.39, 0.29) is 23.3 Å². The number of carboxylic acid groups (broad SMARTS) is 1. The van der Waals surface area contributed by atoms with Gasteiger partial charge in [-0.2, -0.15) is 0 Å². The van der Waals surface area contributed by atoms with E-state index in [1.165, 1.54) is 45.4 Å². The van der Waals surface area contributed by atoms with Crippen LogP contribution in [0.1, 0.15) is 23.7 Å². The maximum absolute atomic E-state index is 14.5. The van der Waals surface area contributed by atoms with Crippen LogP contribution in [0, 0.1) is 11.6 Å². The Morgan fingerprint density at radius 3 is 2.36 bits per heavy atom. The van der Waals surface area contributed by atoms with E-state index in [0.717, 1.165) is 6.07 Å². The third kappa shape index (κ3) is 5.04. The lowest BCUT2D eigenvalue weighted by Gasteiger charge is -2.28. The quantitative estimate of drug-likeness (QED) is 0.719. The lowest BCUT2D eigenvalue weighted by Crippen LogP contribution is -2.50. The van der Waals surface area contributed by atoms with E-state index in [1.807, 2.05) is 0 Å². The number of carboxylic acids is 1. The molecule has 1 amide bonds. The van der Waals surface area contributed by atoms with Crippen LogP contribution in [0.15, 0.2) is 36.4 Å². The van der Waals surface area contributed by atoms with Crippen molar-refractivity contribution in [2.45, 2.75) is 18.9 Å². The zero-order chi connectivity index (χ0) is 20.9. The van der Waals surface area contributed by atoms with Crippen molar-refractivity contribution in [2.75, 3.05) is 20.8 Å². The third-order valence-electron chi connectivity index (χ3n) is 4.12. The van der Waals surface area contributed by atoms with Gasteiger partial charge in [-0.05, 0) is 36.8 Å². The highest BCUT2D eigenvalue weighted by Gasteiger charge is 2.30. The highest BCUT2D eigenvalue weighted by atomic mass is 19.1. The summed E-state index contributed by atoms with van der Waals surface area (Å²) in [6.45, 7) is 1.42. The van der Waals surface area contributed by atoms with Crippen molar-refractivity contribution >= 4 is 11.9 Å². The first-order valence-corrected chi connectivity index (χ1v) is 8.36. The molecule has 2 rings (SSSR count). The summed E-state index contributed by atoms with van der Waals surface area (Å²) in [4.78, 5) is 23.5. The molecule has 0 spiro atoms. The number of benzene rings is 2. The number of aliphatic carboxylic acids is 1. The summed E-state index contributed by atoms with van der Waals surface area (Å²) in [6.07, 6.45) is -0.399. The largest absolute Gasteiger partial charge is 0.497 e. The average Bonchev–Trinajstić information content (AvgIpc) is 2.60. The molecule has 0 saturated heterocycles. The normalized spacial score (nSPS) is 12.9. The molecule has 0 aliphatic carbocycles. The SMILES string of the molecule is COCC(C)(CC(=O)O)NC(=O)c1ccc(-c2ccc(OC)cc2F)cc1F. The van der Waals surface area contributed by atoms with Gasteiger partial charge in [0, 0.05) is 18.7 Å². The van der Waals surface area contributed by atoms with Crippen molar-refractivity contribution in [1.82, 2.24) is 5.32 Å². The molecule has 2 aromatic rings. The number of rotatable bonds is 8. The van der Waals surface area contributed by atoms with Gasteiger partial charge in [0.2, 0.25) is 0 Å². The van der Waals surface area contributed by atoms with Crippen LogP contribution < -0.4 is 10.1 Å². The zero-order valence-corrected chi connectivity index (χ0v) is 15.7. The molecular formula is C20H21F2NO5. The molecule has 0 heterocycles. The zero-order valence-electron chi connectivity index (χ0n) is 15.7. The van der Waals surface area contributed by atoms with Crippen LogP contribution in [0.25, 0.3) is 11.1 Å². The highest BCUT2D eigenvalue weighted by molar-refractivity contribution is 5.95. The summed E-state index contributed by atoms with van der Waals surface area (Å²) in [5, 5.41) is 11.5. The highest BCUT2D eigenvalue weighted by Crippen LogP contribution is 2.28. The van der Waals surface area contributed by atoms with Gasteiger partial charge in [0.1, 0.15) is 17.4 Å². The Morgan fingerprint density at radius 2 is 1.82 bits per heavy atom. The molecule has 1 atom stereocenters. The Kier molecular flexibility index (Phi) is 6.69. The Labute approximate surface area is 161 Å². The van der Waals surface area contributed by atoms with Crippen LogP contribution in [0.3, 0.4) is 0 Å². The molecule has 0 aliphatic heterocycles. The van der Waals surface area contributed by atoms with E-state index < -0.39 is 35.5 Å². The molecule has 0 bridgehead atoms. The number of carbonyl (C=O) groups is 2. The van der Waals surface area contributed by atoms with E-state index in [2.05, 4.69) is 5.32 Å². The maximum Gasteiger partial charge on any atom is 0.305 e. The molecule has 0 aliphatic rings. The summed E-state index contributed by atoms with van der Waals surface area (Å²) >= 11 is 0. The molecule has 2 aromatic carbocycles. The number of hydrogen-bond acceptors (Lipinski definition) is 4. The van der Waals surface area contributed by atoms with Gasteiger partial charge in [-0.25, -0.2) is 8.78 Å². The van der Waals surface area contributed by atoms with Gasteiger partial charge in [0.15, 0.2) is 0 Å². The lowest BCUT2D eigenvalue weighted by atomic mass is 9.97. The van der Waals surface area contributed by atoms with Crippen LogP contribution in [-0.2, 0) is 9.53 Å². The first-order chi connectivity index (χ1) is 13.2. The monoisotopic (exact) mass is 393 g/mol. The van der Waals surface area contributed by atoms with Gasteiger partial charge < -0.3 is 19.9 Å². The summed E-state index contributed by atoms with van der Waals surface area (Å²) in [6, 6.07) is 7.84. The maximum atomic E-state index is 14.5. The van der Waals surface area contributed by atoms with Crippen LogP contribution in [0.4, 0.5) is 8.78 Å². The van der Waals surface area contributed by atoms with E-state index >= 15 is 0 Å². The van der Waals surface area contributed by atoms with Crippen molar-refractivity contribution < 1.29 is 33.0 Å². The third-order valence-corrected chi connectivity index (χ3v) is 4.12. The number of hydrogen-bond donors (Lipinski definition) is 2. The summed E-state index contributed by atoms with van der Waals surface area (Å²) < 4.78 is 38.6. The van der Waals surface area contributed by atoms with E-state index in [0.29, 0.717) is 5.75 Å². The molecule has 2 N–H and O–H groups in total. The predicted molar refractivity (Wildman–Crippen MR) is 98.3 cm³/mol. The molecule has 0 saturated carbocycles. The fraction of sp³-hybridized carbons (Fsp3) is 0.300. The van der Waals surface area contributed by atoms with Crippen LogP contribution in [0.5, 0.6) is 5.75 Å². The molecule has 1 unspecified atom stereocenters. The smallest absolute Gasteiger partial charge is 0.305 e. The first kappa shape index (κ1) is 21.3. The summed E-state index contributed by atoms with van der Waals surface area (Å²) in [5.41, 5.74) is -1.10. The van der Waals surface area contributed by atoms with Crippen molar-refractivity contribution in [3.05, 3.63) is 53.6 Å². The van der Waals surface area contributed by atoms with E-state index in [4.69, 9.17) is 14.6 Å². The Hall–Kier alpha value is -3.00. The van der Waals surface area contributed by atoms with Crippen molar-refractivity contribution in [1.29, 1.82) is 0 Å². The number of carbonyl (C=O) groups excluding carboxylic acids is 1. The van der Waals surface area contributed by atoms with Gasteiger partial charge >= 0.3 is 5.97 Å². The summed E-state index contributed by atoms with van der Waals surface area (Å²) in [5.74, 6) is -3.05. The number of nitrogens with one attached hydrogen (secondary N) is 1. The fourth-order valence-electron chi connectivity index (χ4n) is 2.85. The second-order valence-electron chi connectivity index (χ2n) is 6.56. The van der Waals surface area contributed by atoms with Crippen LogP contribution in [-0.4, -0.2) is 43.3 Å². The van der Waals surface area contributed by atoms with Gasteiger partial charge in [0.05, 0.1) is 31.2 Å². The fourth-order valence-corrected chi connectivity index (χ4v) is 2.85. The topological polar surface area (TPSA) is 84.9 Å². The predicted octanol–water partition coefficient (Wildman–Crippen LogP) is 3.25. The van der Waals surface area contributed by atoms with Crippen molar-refractivity contribution in [3.63, 3.8) is 0 Å². The second-order valence-corrected chi connectivity index (χ2v) is 6.56. The molecule has 150 valence electrons. The van der Waals surface area contributed by atoms with E-state index in [9.17, 15) is 18.4 Å². The first-order valence-electron chi connectivity index (χ1n) is 8.36. The number of halogens is 2. The van der Waals surface area contributed by atoms with Crippen LogP contribution >= 0.6 is 0 Å². The number of ether oxygens (including phenoxy) is 2. The minimum absolute atomic E-state index is 0.0677. The summed E-state index contributed by atoms with van der Waals surface area (Å²) in [7, 11) is 2.77. The molecular weight excluding hydrogens is 372 g/mol. The Morgan fingerprint density at radius 1 is 1.11 bits per heavy atom. The van der Waals surface area contributed by atoms with Crippen molar-refractivity contribution in [2.24, 2.45) is 0 Å². The Bertz CT molecular complexity index is 887. The van der Waals surface area contributed by atoms with Gasteiger partial charge in [-0.3, -0.25) is 9.59 Å². The van der Waals surface area contributed by atoms with Crippen LogP contribution in [0.2, 0.25) is 0 Å². The van der Waals surface area contributed by atoms with E-state index in [1.54, 1.807) is 6.07 Å². The lowest BCUT2D eigenvalue weighted by molar-refractivity contribution is -0.139. The number of methoxy groups -OCH3 is 2. The average molecular weight is 393 g/mol. The van der Waals surface area contributed by atoms with Gasteiger partial charge in [-0.1, -0.05) is 6.07 Å². The van der Waals surface area contributed by atoms with Gasteiger partial charge in [-0.15, -0.1) is 0 Å². The second kappa shape index (κ2) is 8.79. The number of amides is 1. The molecule has 6 nitrogen and oxygen atoms in total. The van der Waals surface area contributed by atoms with Gasteiger partial charge in [0.25, 0.3) is 5.91 Å². The minimum atomic E-state index is -1.22. The minimum Gasteiger partial charge on any atom is -0.497 e. The molecule has 0 radical (unpaired) electrons. The standard InChI is InChI=1S/C20H21F2NO5/c1-20(11-27-2,10-18(24)25)23-19(26)15-6-4-12(8-16(15)21)14-7-5-13(28-3)9-17(14)22/h4-9H,10-11H2,1-3H3,(H,23,26)(H,24,25). The molecule has 28 heavy (non-hydrogen) atoms. The van der Waals surface area contributed by atoms with Crippen molar-refractivity contribution in [3.8, 4) is 16.9 Å². The molecule has 8 heteroatoms. The molecule has 0 fully saturated rings. The molecule has 0 aromatic heterocycles.